The van der Waals surface area contributed by atoms with Crippen molar-refractivity contribution in [3.8, 4) is 0 Å². The number of pyridine rings is 1. The molecule has 3 nitrogen and oxygen atoms in total. The Bertz CT molecular complexity index is 624. The van der Waals surface area contributed by atoms with Gasteiger partial charge in [-0.05, 0) is 48.9 Å². The Morgan fingerprint density at radius 2 is 1.83 bits per heavy atom. The van der Waals surface area contributed by atoms with Gasteiger partial charge in [-0.2, -0.15) is 0 Å². The van der Waals surface area contributed by atoms with Crippen molar-refractivity contribution in [2.75, 3.05) is 18.0 Å². The first-order chi connectivity index (χ1) is 8.75. The third kappa shape index (κ3) is 1.90. The first kappa shape index (κ1) is 11.3. The van der Waals surface area contributed by atoms with Crippen LogP contribution in [0.1, 0.15) is 19.3 Å². The topological polar surface area (TPSA) is 25.2 Å². The van der Waals surface area contributed by atoms with Crippen molar-refractivity contribution in [3.05, 3.63) is 40.8 Å². The third-order valence-corrected chi connectivity index (χ3v) is 3.78. The van der Waals surface area contributed by atoms with E-state index in [0.717, 1.165) is 23.9 Å². The largest absolute Gasteiger partial charge is 0.372 e. The van der Waals surface area contributed by atoms with Crippen LogP contribution in [0.15, 0.2) is 35.3 Å². The molecule has 1 fully saturated rings. The highest BCUT2D eigenvalue weighted by Gasteiger charge is 2.11. The summed E-state index contributed by atoms with van der Waals surface area (Å²) in [5.74, 6) is 0. The molecule has 2 heterocycles. The number of hydrogen-bond acceptors (Lipinski definition) is 2. The highest BCUT2D eigenvalue weighted by molar-refractivity contribution is 5.85. The predicted octanol–water partition coefficient (Wildman–Crippen LogP) is 2.53. The predicted molar refractivity (Wildman–Crippen MR) is 75.3 cm³/mol. The molecule has 0 spiro atoms. The molecule has 0 N–H and O–H groups in total. The van der Waals surface area contributed by atoms with E-state index in [9.17, 15) is 4.79 Å². The Kier molecular flexibility index (Phi) is 2.82. The van der Waals surface area contributed by atoms with Crippen LogP contribution in [0.2, 0.25) is 0 Å². The summed E-state index contributed by atoms with van der Waals surface area (Å²) in [5.41, 5.74) is 1.33. The Hall–Kier alpha value is -1.77. The van der Waals surface area contributed by atoms with Gasteiger partial charge < -0.3 is 9.47 Å². The lowest BCUT2D eigenvalue weighted by molar-refractivity contribution is 0.578. The smallest absolute Gasteiger partial charge is 0.258 e. The van der Waals surface area contributed by atoms with Crippen LogP contribution in [0.5, 0.6) is 0 Å². The molecule has 0 unspecified atom stereocenters. The Morgan fingerprint density at radius 3 is 2.61 bits per heavy atom. The standard InChI is InChI=1S/C15H18N2O/c1-16-10-7-12-11-13(5-6-14(12)15(16)18)17-8-3-2-4-9-17/h5-7,10-11H,2-4,8-9H2,1H3. The number of anilines is 1. The minimum absolute atomic E-state index is 0.0812. The maximum absolute atomic E-state index is 12.0. The second-order valence-electron chi connectivity index (χ2n) is 5.05. The molecule has 0 atom stereocenters. The Balaban J connectivity index is 2.06. The number of rotatable bonds is 1. The average Bonchev–Trinajstić information content (AvgIpc) is 2.44. The average molecular weight is 242 g/mol. The molecule has 18 heavy (non-hydrogen) atoms. The molecule has 94 valence electrons. The number of piperidine rings is 1. The van der Waals surface area contributed by atoms with Crippen LogP contribution in [0.4, 0.5) is 5.69 Å². The van der Waals surface area contributed by atoms with Crippen LogP contribution in [0.25, 0.3) is 10.8 Å². The summed E-state index contributed by atoms with van der Waals surface area (Å²) >= 11 is 0. The maximum atomic E-state index is 12.0. The lowest BCUT2D eigenvalue weighted by atomic mass is 10.1. The van der Waals surface area contributed by atoms with Gasteiger partial charge in [0.15, 0.2) is 0 Å². The van der Waals surface area contributed by atoms with Gasteiger partial charge in [-0.25, -0.2) is 0 Å². The van der Waals surface area contributed by atoms with E-state index in [2.05, 4.69) is 17.0 Å². The van der Waals surface area contributed by atoms with E-state index in [1.54, 1.807) is 11.6 Å². The molecule has 1 saturated heterocycles. The summed E-state index contributed by atoms with van der Waals surface area (Å²) in [4.78, 5) is 14.4. The van der Waals surface area contributed by atoms with Gasteiger partial charge in [0.1, 0.15) is 0 Å². The molecule has 0 aliphatic carbocycles. The summed E-state index contributed by atoms with van der Waals surface area (Å²) in [6.45, 7) is 2.27. The molecule has 3 rings (SSSR count). The van der Waals surface area contributed by atoms with Crippen LogP contribution in [0.3, 0.4) is 0 Å². The van der Waals surface area contributed by atoms with Gasteiger partial charge in [0.25, 0.3) is 5.56 Å². The van der Waals surface area contributed by atoms with Gasteiger partial charge in [0.05, 0.1) is 0 Å². The Morgan fingerprint density at radius 1 is 1.06 bits per heavy atom. The van der Waals surface area contributed by atoms with Gasteiger partial charge in [-0.1, -0.05) is 0 Å². The summed E-state index contributed by atoms with van der Waals surface area (Å²) < 4.78 is 1.63. The fourth-order valence-corrected chi connectivity index (χ4v) is 2.68. The molecule has 1 aliphatic heterocycles. The summed E-state index contributed by atoms with van der Waals surface area (Å²) in [6, 6.07) is 8.20. The SMILES string of the molecule is Cn1ccc2cc(N3CCCCC3)ccc2c1=O. The van der Waals surface area contributed by atoms with Crippen LogP contribution in [-0.4, -0.2) is 17.7 Å². The van der Waals surface area contributed by atoms with E-state index >= 15 is 0 Å². The highest BCUT2D eigenvalue weighted by atomic mass is 16.1. The third-order valence-electron chi connectivity index (χ3n) is 3.78. The van der Waals surface area contributed by atoms with Crippen molar-refractivity contribution >= 4 is 16.5 Å². The van der Waals surface area contributed by atoms with Gasteiger partial charge in [0.2, 0.25) is 0 Å². The van der Waals surface area contributed by atoms with E-state index in [1.165, 1.54) is 24.9 Å². The maximum Gasteiger partial charge on any atom is 0.258 e. The number of aryl methyl sites for hydroxylation is 1. The number of hydrogen-bond donors (Lipinski definition) is 0. The van der Waals surface area contributed by atoms with Crippen LogP contribution in [-0.2, 0) is 7.05 Å². The number of aromatic nitrogens is 1. The minimum atomic E-state index is 0.0812. The van der Waals surface area contributed by atoms with E-state index < -0.39 is 0 Å². The van der Waals surface area contributed by atoms with E-state index in [1.807, 2.05) is 18.3 Å². The monoisotopic (exact) mass is 242 g/mol. The van der Waals surface area contributed by atoms with Gasteiger partial charge in [-0.3, -0.25) is 4.79 Å². The molecule has 0 saturated carbocycles. The van der Waals surface area contributed by atoms with Crippen molar-refractivity contribution in [1.82, 2.24) is 4.57 Å². The highest BCUT2D eigenvalue weighted by Crippen LogP contribution is 2.23. The van der Waals surface area contributed by atoms with Crippen LogP contribution in [0, 0.1) is 0 Å². The molecule has 1 aliphatic rings. The molecule has 2 aromatic rings. The fourth-order valence-electron chi connectivity index (χ4n) is 2.68. The zero-order valence-corrected chi connectivity index (χ0v) is 10.7. The van der Waals surface area contributed by atoms with E-state index in [0.29, 0.717) is 0 Å². The molecular formula is C15H18N2O. The summed E-state index contributed by atoms with van der Waals surface area (Å²) in [7, 11) is 1.79. The zero-order chi connectivity index (χ0) is 12.5. The normalized spacial score (nSPS) is 16.2. The quantitative estimate of drug-likeness (QED) is 0.767. The second-order valence-corrected chi connectivity index (χ2v) is 5.05. The van der Waals surface area contributed by atoms with E-state index in [4.69, 9.17) is 0 Å². The minimum Gasteiger partial charge on any atom is -0.372 e. The van der Waals surface area contributed by atoms with Crippen molar-refractivity contribution in [2.45, 2.75) is 19.3 Å². The molecule has 0 radical (unpaired) electrons. The Labute approximate surface area is 107 Å². The molecule has 1 aromatic carbocycles. The summed E-state index contributed by atoms with van der Waals surface area (Å²) in [5, 5.41) is 1.85. The van der Waals surface area contributed by atoms with Crippen molar-refractivity contribution in [3.63, 3.8) is 0 Å². The summed E-state index contributed by atoms with van der Waals surface area (Å²) in [6.07, 6.45) is 5.72. The fraction of sp³-hybridized carbons (Fsp3) is 0.400. The molecule has 1 aromatic heterocycles. The molecule has 0 bridgehead atoms. The van der Waals surface area contributed by atoms with Crippen molar-refractivity contribution < 1.29 is 0 Å². The van der Waals surface area contributed by atoms with Gasteiger partial charge in [0, 0.05) is 37.4 Å². The van der Waals surface area contributed by atoms with Crippen molar-refractivity contribution in [2.24, 2.45) is 7.05 Å². The molecule has 0 amide bonds. The van der Waals surface area contributed by atoms with Crippen LogP contribution >= 0.6 is 0 Å². The van der Waals surface area contributed by atoms with E-state index in [-0.39, 0.29) is 5.56 Å². The van der Waals surface area contributed by atoms with Gasteiger partial charge in [-0.15, -0.1) is 0 Å². The number of nitrogens with zero attached hydrogens (tertiary/aromatic N) is 2. The van der Waals surface area contributed by atoms with Crippen molar-refractivity contribution in [1.29, 1.82) is 0 Å². The zero-order valence-electron chi connectivity index (χ0n) is 10.7. The molecule has 3 heteroatoms. The lowest BCUT2D eigenvalue weighted by Crippen LogP contribution is -2.29. The lowest BCUT2D eigenvalue weighted by Gasteiger charge is -2.29. The number of benzene rings is 1. The molecular weight excluding hydrogens is 224 g/mol. The first-order valence-electron chi connectivity index (χ1n) is 6.60. The number of fused-ring (bicyclic) bond motifs is 1. The second kappa shape index (κ2) is 4.48. The van der Waals surface area contributed by atoms with Gasteiger partial charge >= 0.3 is 0 Å². The first-order valence-corrected chi connectivity index (χ1v) is 6.60. The van der Waals surface area contributed by atoms with Crippen LogP contribution < -0.4 is 10.5 Å².